The number of ether oxygens (including phenoxy) is 1. The van der Waals surface area contributed by atoms with Gasteiger partial charge >= 0.3 is 6.36 Å². The van der Waals surface area contributed by atoms with E-state index >= 15 is 0 Å². The number of likely N-dealkylation sites (tertiary alicyclic amines) is 1. The summed E-state index contributed by atoms with van der Waals surface area (Å²) in [7, 11) is 1.86. The van der Waals surface area contributed by atoms with E-state index in [2.05, 4.69) is 22.3 Å². The van der Waals surface area contributed by atoms with E-state index in [0.717, 1.165) is 42.6 Å². The van der Waals surface area contributed by atoms with E-state index in [-0.39, 0.29) is 23.6 Å². The first-order valence-electron chi connectivity index (χ1n) is 11.3. The number of piperidine rings is 2. The molecule has 182 valence electrons. The fraction of sp³-hybridized carbons (Fsp3) is 0.440. The van der Waals surface area contributed by atoms with Crippen LogP contribution in [0.15, 0.2) is 42.5 Å². The van der Waals surface area contributed by atoms with Crippen molar-refractivity contribution in [2.24, 2.45) is 5.92 Å². The quantitative estimate of drug-likeness (QED) is 0.685. The normalized spacial score (nSPS) is 25.0. The van der Waals surface area contributed by atoms with Crippen molar-refractivity contribution in [1.82, 2.24) is 10.2 Å². The number of fused-ring (bicyclic) bond motifs is 1. The Balaban J connectivity index is 1.51. The number of halogens is 3. The third-order valence-corrected chi connectivity index (χ3v) is 6.81. The van der Waals surface area contributed by atoms with E-state index in [1.165, 1.54) is 12.1 Å². The summed E-state index contributed by atoms with van der Waals surface area (Å²) in [6.45, 7) is 4.91. The number of carbonyl (C=O) groups is 2. The van der Waals surface area contributed by atoms with Crippen molar-refractivity contribution in [2.45, 2.75) is 51.1 Å². The maximum absolute atomic E-state index is 13.3. The van der Waals surface area contributed by atoms with Crippen LogP contribution in [0.4, 0.5) is 18.9 Å². The molecule has 9 heteroatoms. The van der Waals surface area contributed by atoms with Gasteiger partial charge in [-0.05, 0) is 80.1 Å². The molecule has 0 spiro atoms. The summed E-state index contributed by atoms with van der Waals surface area (Å²) < 4.78 is 40.9. The van der Waals surface area contributed by atoms with Crippen molar-refractivity contribution < 1.29 is 27.5 Å². The van der Waals surface area contributed by atoms with Crippen LogP contribution in [0.1, 0.15) is 47.2 Å². The molecule has 6 nitrogen and oxygen atoms in total. The fourth-order valence-electron chi connectivity index (χ4n) is 5.01. The number of amides is 2. The Labute approximate surface area is 196 Å². The number of rotatable bonds is 4. The summed E-state index contributed by atoms with van der Waals surface area (Å²) >= 11 is 0. The second-order valence-corrected chi connectivity index (χ2v) is 9.21. The molecule has 0 aromatic heterocycles. The van der Waals surface area contributed by atoms with Gasteiger partial charge in [-0.15, -0.1) is 13.2 Å². The molecule has 2 aliphatic rings. The van der Waals surface area contributed by atoms with Crippen molar-refractivity contribution >= 4 is 17.5 Å². The molecular formula is C25H28F3N3O3. The number of hydrogen-bond donors (Lipinski definition) is 2. The molecule has 2 amide bonds. The van der Waals surface area contributed by atoms with E-state index in [0.29, 0.717) is 23.2 Å². The minimum Gasteiger partial charge on any atom is -0.406 e. The first-order valence-corrected chi connectivity index (χ1v) is 11.3. The van der Waals surface area contributed by atoms with Gasteiger partial charge in [0.2, 0.25) is 5.91 Å². The monoisotopic (exact) mass is 475 g/mol. The van der Waals surface area contributed by atoms with Crippen molar-refractivity contribution in [3.8, 4) is 5.75 Å². The summed E-state index contributed by atoms with van der Waals surface area (Å²) in [5.74, 6) is -0.691. The number of hydrogen-bond acceptors (Lipinski definition) is 4. The lowest BCUT2D eigenvalue weighted by Crippen LogP contribution is -2.57. The van der Waals surface area contributed by atoms with Crippen LogP contribution in [0.25, 0.3) is 0 Å². The number of alkyl halides is 3. The summed E-state index contributed by atoms with van der Waals surface area (Å²) in [6, 6.07) is 10.8. The lowest BCUT2D eigenvalue weighted by atomic mass is 9.75. The summed E-state index contributed by atoms with van der Waals surface area (Å²) in [6.07, 6.45) is -3.13. The minimum atomic E-state index is -4.78. The van der Waals surface area contributed by atoms with Gasteiger partial charge in [0.25, 0.3) is 5.91 Å². The zero-order valence-corrected chi connectivity index (χ0v) is 19.3. The molecule has 2 fully saturated rings. The molecule has 2 heterocycles. The van der Waals surface area contributed by atoms with Gasteiger partial charge in [-0.25, -0.2) is 0 Å². The SMILES string of the molecule is Cc1ccc(C(=O)Nc2ccc(OC(F)(F)F)cc2)cc1C1CC2CNC(C)CC2N(C)C1=O. The molecule has 4 unspecified atom stereocenters. The Hall–Kier alpha value is -3.07. The Morgan fingerprint density at radius 1 is 1.15 bits per heavy atom. The Bertz CT molecular complexity index is 1070. The minimum absolute atomic E-state index is 0.0660. The highest BCUT2D eigenvalue weighted by atomic mass is 19.4. The number of anilines is 1. The average Bonchev–Trinajstić information content (AvgIpc) is 2.77. The molecule has 2 aliphatic heterocycles. The predicted molar refractivity (Wildman–Crippen MR) is 122 cm³/mol. The van der Waals surface area contributed by atoms with Crippen LogP contribution >= 0.6 is 0 Å². The Morgan fingerprint density at radius 2 is 1.85 bits per heavy atom. The lowest BCUT2D eigenvalue weighted by Gasteiger charge is -2.47. The summed E-state index contributed by atoms with van der Waals surface area (Å²) in [4.78, 5) is 28.0. The molecular weight excluding hydrogens is 447 g/mol. The van der Waals surface area contributed by atoms with Crippen LogP contribution in [0.5, 0.6) is 5.75 Å². The van der Waals surface area contributed by atoms with Crippen LogP contribution in [-0.4, -0.2) is 48.8 Å². The lowest BCUT2D eigenvalue weighted by molar-refractivity contribution is -0.274. The van der Waals surface area contributed by atoms with Gasteiger partial charge in [0.05, 0.1) is 5.92 Å². The number of benzene rings is 2. The smallest absolute Gasteiger partial charge is 0.406 e. The van der Waals surface area contributed by atoms with Gasteiger partial charge in [0, 0.05) is 36.9 Å². The topological polar surface area (TPSA) is 70.7 Å². The van der Waals surface area contributed by atoms with E-state index < -0.39 is 12.3 Å². The molecule has 2 saturated heterocycles. The first-order chi connectivity index (χ1) is 16.0. The highest BCUT2D eigenvalue weighted by molar-refractivity contribution is 6.04. The van der Waals surface area contributed by atoms with E-state index in [9.17, 15) is 22.8 Å². The van der Waals surface area contributed by atoms with Gasteiger partial charge < -0.3 is 20.3 Å². The fourth-order valence-corrected chi connectivity index (χ4v) is 5.01. The number of likely N-dealkylation sites (N-methyl/N-ethyl adjacent to an activating group) is 1. The van der Waals surface area contributed by atoms with Gasteiger partial charge in [0.1, 0.15) is 5.75 Å². The van der Waals surface area contributed by atoms with Crippen molar-refractivity contribution in [1.29, 1.82) is 0 Å². The Morgan fingerprint density at radius 3 is 2.53 bits per heavy atom. The first kappa shape index (κ1) is 24.1. The molecule has 4 rings (SSSR count). The largest absolute Gasteiger partial charge is 0.573 e. The maximum atomic E-state index is 13.3. The summed E-state index contributed by atoms with van der Waals surface area (Å²) in [5, 5.41) is 6.19. The average molecular weight is 476 g/mol. The maximum Gasteiger partial charge on any atom is 0.573 e. The molecule has 2 N–H and O–H groups in total. The molecule has 2 aromatic carbocycles. The third kappa shape index (κ3) is 5.19. The highest BCUT2D eigenvalue weighted by Gasteiger charge is 2.43. The number of carbonyl (C=O) groups excluding carboxylic acids is 2. The second-order valence-electron chi connectivity index (χ2n) is 9.21. The molecule has 2 aromatic rings. The predicted octanol–water partition coefficient (Wildman–Crippen LogP) is 4.46. The van der Waals surface area contributed by atoms with Crippen LogP contribution < -0.4 is 15.4 Å². The number of nitrogens with zero attached hydrogens (tertiary/aromatic N) is 1. The standard InChI is InChI=1S/C25H28F3N3O3/c1-14-4-5-16(23(32)30-18-6-8-19(9-7-18)34-25(26,27)28)11-20(14)21-12-17-13-29-15(2)10-22(17)31(3)24(21)33/h4-9,11,15,17,21-22,29H,10,12-13H2,1-3H3,(H,30,32). The molecule has 34 heavy (non-hydrogen) atoms. The van der Waals surface area contributed by atoms with Gasteiger partial charge in [-0.3, -0.25) is 9.59 Å². The zero-order chi connectivity index (χ0) is 24.6. The van der Waals surface area contributed by atoms with Crippen LogP contribution in [-0.2, 0) is 4.79 Å². The number of nitrogens with one attached hydrogen (secondary N) is 2. The molecule has 0 aliphatic carbocycles. The van der Waals surface area contributed by atoms with Crippen LogP contribution in [0.2, 0.25) is 0 Å². The molecule has 0 radical (unpaired) electrons. The van der Waals surface area contributed by atoms with Gasteiger partial charge in [-0.1, -0.05) is 6.07 Å². The molecule has 0 saturated carbocycles. The van der Waals surface area contributed by atoms with E-state index in [1.807, 2.05) is 24.9 Å². The van der Waals surface area contributed by atoms with Crippen LogP contribution in [0, 0.1) is 12.8 Å². The summed E-state index contributed by atoms with van der Waals surface area (Å²) in [5.41, 5.74) is 2.48. The molecule has 0 bridgehead atoms. The second kappa shape index (κ2) is 9.29. The van der Waals surface area contributed by atoms with Gasteiger partial charge in [0.15, 0.2) is 0 Å². The molecule has 4 atom stereocenters. The van der Waals surface area contributed by atoms with E-state index in [4.69, 9.17) is 0 Å². The van der Waals surface area contributed by atoms with Crippen molar-refractivity contribution in [3.05, 3.63) is 59.2 Å². The Kier molecular flexibility index (Phi) is 6.58. The number of aryl methyl sites for hydroxylation is 1. The van der Waals surface area contributed by atoms with Gasteiger partial charge in [-0.2, -0.15) is 0 Å². The van der Waals surface area contributed by atoms with Crippen molar-refractivity contribution in [2.75, 3.05) is 18.9 Å². The highest BCUT2D eigenvalue weighted by Crippen LogP contribution is 2.39. The third-order valence-electron chi connectivity index (χ3n) is 6.81. The zero-order valence-electron chi connectivity index (χ0n) is 19.3. The van der Waals surface area contributed by atoms with E-state index in [1.54, 1.807) is 12.1 Å². The van der Waals surface area contributed by atoms with Crippen molar-refractivity contribution in [3.63, 3.8) is 0 Å². The van der Waals surface area contributed by atoms with Crippen LogP contribution in [0.3, 0.4) is 0 Å².